The van der Waals surface area contributed by atoms with Crippen LogP contribution in [-0.2, 0) is 22.6 Å². The summed E-state index contributed by atoms with van der Waals surface area (Å²) in [4.78, 5) is 38.3. The first kappa shape index (κ1) is 23.7. The van der Waals surface area contributed by atoms with E-state index in [1.807, 2.05) is 17.0 Å². The maximum absolute atomic E-state index is 12.4. The maximum Gasteiger partial charge on any atom is 0.353 e. The topological polar surface area (TPSA) is 131 Å². The average molecular weight is 470 g/mol. The molecule has 11 heteroatoms. The molecule has 2 fully saturated rings. The number of nitrogens with two attached hydrogens (primary N) is 1. The molecule has 182 valence electrons. The molecule has 2 aliphatic rings. The van der Waals surface area contributed by atoms with Crippen LogP contribution >= 0.6 is 0 Å². The van der Waals surface area contributed by atoms with Crippen molar-refractivity contribution < 1.29 is 14.5 Å². The van der Waals surface area contributed by atoms with Crippen LogP contribution in [0.25, 0.3) is 0 Å². The van der Waals surface area contributed by atoms with E-state index in [1.54, 1.807) is 11.8 Å². The first-order valence-corrected chi connectivity index (χ1v) is 11.7. The number of benzene rings is 1. The predicted molar refractivity (Wildman–Crippen MR) is 129 cm³/mol. The van der Waals surface area contributed by atoms with Crippen molar-refractivity contribution in [3.63, 3.8) is 0 Å². The molecule has 2 aliphatic heterocycles. The average Bonchev–Trinajstić information content (AvgIpc) is 3.25. The maximum atomic E-state index is 12.4. The zero-order valence-corrected chi connectivity index (χ0v) is 19.5. The number of aromatic nitrogens is 2. The summed E-state index contributed by atoms with van der Waals surface area (Å²) in [6.07, 6.45) is 3.42. The van der Waals surface area contributed by atoms with Gasteiger partial charge in [0.25, 0.3) is 0 Å². The summed E-state index contributed by atoms with van der Waals surface area (Å²) >= 11 is 0. The van der Waals surface area contributed by atoms with Crippen LogP contribution in [0.3, 0.4) is 0 Å². The molecule has 0 spiro atoms. The lowest BCUT2D eigenvalue weighted by molar-refractivity contribution is -0.383. The molecule has 1 aromatic heterocycles. The summed E-state index contributed by atoms with van der Waals surface area (Å²) in [5.74, 6) is -0.348. The second kappa shape index (κ2) is 10.6. The van der Waals surface area contributed by atoms with Crippen LogP contribution in [0.2, 0.25) is 0 Å². The lowest BCUT2D eigenvalue weighted by atomic mass is 10.1. The number of carbonyl (C=O) groups excluding carboxylic acids is 1. The Morgan fingerprint density at radius 1 is 1.18 bits per heavy atom. The summed E-state index contributed by atoms with van der Waals surface area (Å²) in [5, 5.41) is 11.9. The number of carbonyl (C=O) groups is 1. The molecule has 2 N–H and O–H groups in total. The number of hydrogen-bond acceptors (Lipinski definition) is 10. The number of esters is 1. The van der Waals surface area contributed by atoms with Crippen LogP contribution in [0.5, 0.6) is 0 Å². The number of likely N-dealkylation sites (tertiary alicyclic amines) is 1. The van der Waals surface area contributed by atoms with Crippen LogP contribution in [-0.4, -0.2) is 65.1 Å². The van der Waals surface area contributed by atoms with Crippen LogP contribution in [0.1, 0.15) is 37.3 Å². The second-order valence-electron chi connectivity index (χ2n) is 8.64. The van der Waals surface area contributed by atoms with Crippen molar-refractivity contribution in [2.24, 2.45) is 0 Å². The molecule has 0 aliphatic carbocycles. The zero-order chi connectivity index (χ0) is 24.1. The molecular formula is C23H31N7O4. The molecule has 34 heavy (non-hydrogen) atoms. The molecule has 0 unspecified atom stereocenters. The molecule has 1 aromatic carbocycles. The monoisotopic (exact) mass is 469 g/mol. The van der Waals surface area contributed by atoms with E-state index >= 15 is 0 Å². The molecule has 0 atom stereocenters. The van der Waals surface area contributed by atoms with Gasteiger partial charge in [-0.3, -0.25) is 19.8 Å². The number of nitrogens with zero attached hydrogens (tertiary/aromatic N) is 6. The standard InChI is InChI=1S/C23H31N7O4/c1-2-34-19(31)16-29(15-18-8-5-7-17(13-18)14-27-9-3-4-10-27)22-20(30(32)33)21(24)25-23(26-22)28-11-6-12-28/h5,7-8,13H,2-4,6,9-12,14-16H2,1H3,(H2,24,25,26). The van der Waals surface area contributed by atoms with Crippen molar-refractivity contribution in [2.45, 2.75) is 39.3 Å². The highest BCUT2D eigenvalue weighted by Gasteiger charge is 2.31. The molecule has 11 nitrogen and oxygen atoms in total. The van der Waals surface area contributed by atoms with Gasteiger partial charge in [-0.1, -0.05) is 24.3 Å². The Kier molecular flexibility index (Phi) is 7.41. The lowest BCUT2D eigenvalue weighted by Crippen LogP contribution is -2.39. The quantitative estimate of drug-likeness (QED) is 0.314. The van der Waals surface area contributed by atoms with Crippen LogP contribution in [0, 0.1) is 10.1 Å². The largest absolute Gasteiger partial charge is 0.465 e. The summed E-state index contributed by atoms with van der Waals surface area (Å²) in [6.45, 7) is 6.52. The van der Waals surface area contributed by atoms with Gasteiger partial charge in [-0.15, -0.1) is 0 Å². The molecule has 3 heterocycles. The minimum Gasteiger partial charge on any atom is -0.465 e. The van der Waals surface area contributed by atoms with Gasteiger partial charge < -0.3 is 20.3 Å². The Morgan fingerprint density at radius 3 is 2.56 bits per heavy atom. The van der Waals surface area contributed by atoms with Crippen molar-refractivity contribution in [3.05, 3.63) is 45.5 Å². The fourth-order valence-corrected chi connectivity index (χ4v) is 4.32. The summed E-state index contributed by atoms with van der Waals surface area (Å²) < 4.78 is 5.14. The normalized spacial score (nSPS) is 15.7. The molecule has 0 amide bonds. The predicted octanol–water partition coefficient (Wildman–Crippen LogP) is 2.34. The summed E-state index contributed by atoms with van der Waals surface area (Å²) in [7, 11) is 0. The molecule has 0 radical (unpaired) electrons. The Labute approximate surface area is 198 Å². The minimum atomic E-state index is -0.591. The molecular weight excluding hydrogens is 438 g/mol. The number of nitrogen functional groups attached to an aromatic ring is 1. The van der Waals surface area contributed by atoms with Crippen molar-refractivity contribution >= 4 is 29.2 Å². The van der Waals surface area contributed by atoms with Gasteiger partial charge >= 0.3 is 11.7 Å². The van der Waals surface area contributed by atoms with Gasteiger partial charge in [-0.05, 0) is 50.4 Å². The third-order valence-corrected chi connectivity index (χ3v) is 6.10. The van der Waals surface area contributed by atoms with E-state index in [9.17, 15) is 14.9 Å². The van der Waals surface area contributed by atoms with Crippen LogP contribution in [0.15, 0.2) is 24.3 Å². The third-order valence-electron chi connectivity index (χ3n) is 6.10. The van der Waals surface area contributed by atoms with E-state index < -0.39 is 16.6 Å². The Balaban J connectivity index is 1.67. The highest BCUT2D eigenvalue weighted by atomic mass is 16.6. The minimum absolute atomic E-state index is 0.0254. The van der Waals surface area contributed by atoms with Crippen molar-refractivity contribution in [1.82, 2.24) is 14.9 Å². The highest BCUT2D eigenvalue weighted by molar-refractivity contribution is 5.79. The zero-order valence-electron chi connectivity index (χ0n) is 19.5. The van der Waals surface area contributed by atoms with E-state index in [-0.39, 0.29) is 31.3 Å². The van der Waals surface area contributed by atoms with E-state index in [0.717, 1.165) is 50.3 Å². The SMILES string of the molecule is CCOC(=O)CN(Cc1cccc(CN2CCCC2)c1)c1nc(N2CCC2)nc(N)c1[N+](=O)[O-]. The Hall–Kier alpha value is -3.47. The van der Waals surface area contributed by atoms with E-state index in [2.05, 4.69) is 27.0 Å². The van der Waals surface area contributed by atoms with Gasteiger partial charge in [-0.2, -0.15) is 9.97 Å². The van der Waals surface area contributed by atoms with Gasteiger partial charge in [0.2, 0.25) is 17.6 Å². The molecule has 0 bridgehead atoms. The van der Waals surface area contributed by atoms with Gasteiger partial charge in [0.1, 0.15) is 6.54 Å². The molecule has 2 saturated heterocycles. The second-order valence-corrected chi connectivity index (χ2v) is 8.64. The van der Waals surface area contributed by atoms with Gasteiger partial charge in [0, 0.05) is 26.2 Å². The Morgan fingerprint density at radius 2 is 1.91 bits per heavy atom. The van der Waals surface area contributed by atoms with Gasteiger partial charge in [0.05, 0.1) is 11.5 Å². The summed E-state index contributed by atoms with van der Waals surface area (Å²) in [6, 6.07) is 8.06. The molecule has 0 saturated carbocycles. The fourth-order valence-electron chi connectivity index (χ4n) is 4.32. The first-order valence-electron chi connectivity index (χ1n) is 11.7. The fraction of sp³-hybridized carbons (Fsp3) is 0.522. The summed E-state index contributed by atoms with van der Waals surface area (Å²) in [5.41, 5.74) is 7.68. The first-order chi connectivity index (χ1) is 16.4. The van der Waals surface area contributed by atoms with E-state index in [0.29, 0.717) is 5.95 Å². The molecule has 4 rings (SSSR count). The van der Waals surface area contributed by atoms with E-state index in [4.69, 9.17) is 10.5 Å². The molecule has 2 aromatic rings. The van der Waals surface area contributed by atoms with Gasteiger partial charge in [0.15, 0.2) is 0 Å². The van der Waals surface area contributed by atoms with Crippen molar-refractivity contribution in [3.8, 4) is 0 Å². The third kappa shape index (κ3) is 5.53. The van der Waals surface area contributed by atoms with Crippen molar-refractivity contribution in [2.75, 3.05) is 54.9 Å². The number of anilines is 3. The number of nitro groups is 1. The number of ether oxygens (including phenoxy) is 1. The van der Waals surface area contributed by atoms with E-state index in [1.165, 1.54) is 12.8 Å². The lowest BCUT2D eigenvalue weighted by Gasteiger charge is -2.32. The number of hydrogen-bond donors (Lipinski definition) is 1. The van der Waals surface area contributed by atoms with Gasteiger partial charge in [-0.25, -0.2) is 0 Å². The smallest absolute Gasteiger partial charge is 0.353 e. The van der Waals surface area contributed by atoms with Crippen LogP contribution in [0.4, 0.5) is 23.3 Å². The van der Waals surface area contributed by atoms with Crippen LogP contribution < -0.4 is 15.5 Å². The number of rotatable bonds is 10. The van der Waals surface area contributed by atoms with Crippen molar-refractivity contribution in [1.29, 1.82) is 0 Å². The highest BCUT2D eigenvalue weighted by Crippen LogP contribution is 2.34. The Bertz CT molecular complexity index is 1040.